The second-order valence-electron chi connectivity index (χ2n) is 4.11. The van der Waals surface area contributed by atoms with Gasteiger partial charge >= 0.3 is 5.97 Å². The van der Waals surface area contributed by atoms with Gasteiger partial charge in [-0.25, -0.2) is 9.18 Å². The average Bonchev–Trinajstić information content (AvgIpc) is 2.37. The molecule has 2 aromatic carbocycles. The normalized spacial score (nSPS) is 10.2. The van der Waals surface area contributed by atoms with Crippen molar-refractivity contribution in [2.45, 2.75) is 0 Å². The average molecular weight is 328 g/mol. The SMILES string of the molecule is O=C(Nc1ccc(C(=O)O)c(F)c1)c1cc(Cl)cc(Cl)c1. The molecule has 0 aliphatic heterocycles. The highest BCUT2D eigenvalue weighted by atomic mass is 35.5. The summed E-state index contributed by atoms with van der Waals surface area (Å²) in [6, 6.07) is 7.57. The maximum absolute atomic E-state index is 13.5. The van der Waals surface area contributed by atoms with Crippen molar-refractivity contribution in [2.75, 3.05) is 5.32 Å². The van der Waals surface area contributed by atoms with Gasteiger partial charge in [0.15, 0.2) is 0 Å². The molecule has 0 saturated heterocycles. The predicted octanol–water partition coefficient (Wildman–Crippen LogP) is 4.08. The number of hydrogen-bond acceptors (Lipinski definition) is 2. The topological polar surface area (TPSA) is 66.4 Å². The Balaban J connectivity index is 2.23. The summed E-state index contributed by atoms with van der Waals surface area (Å²) in [5, 5.41) is 11.7. The van der Waals surface area contributed by atoms with E-state index in [1.165, 1.54) is 24.3 Å². The predicted molar refractivity (Wildman–Crippen MR) is 77.8 cm³/mol. The number of amides is 1. The van der Waals surface area contributed by atoms with Gasteiger partial charge in [0.05, 0.1) is 5.56 Å². The van der Waals surface area contributed by atoms with Crippen molar-refractivity contribution >= 4 is 40.8 Å². The molecule has 0 aliphatic carbocycles. The molecule has 0 aromatic heterocycles. The number of halogens is 3. The van der Waals surface area contributed by atoms with E-state index in [0.717, 1.165) is 12.1 Å². The molecule has 2 N–H and O–H groups in total. The highest BCUT2D eigenvalue weighted by molar-refractivity contribution is 6.35. The summed E-state index contributed by atoms with van der Waals surface area (Å²) in [6.07, 6.45) is 0. The molecule has 1 amide bonds. The van der Waals surface area contributed by atoms with Gasteiger partial charge in [-0.3, -0.25) is 4.79 Å². The lowest BCUT2D eigenvalue weighted by Crippen LogP contribution is -2.12. The van der Waals surface area contributed by atoms with Crippen molar-refractivity contribution in [3.8, 4) is 0 Å². The third-order valence-corrected chi connectivity index (χ3v) is 3.02. The van der Waals surface area contributed by atoms with Crippen LogP contribution >= 0.6 is 23.2 Å². The summed E-state index contributed by atoms with van der Waals surface area (Å²) in [5.41, 5.74) is -0.146. The van der Waals surface area contributed by atoms with Crippen LogP contribution < -0.4 is 5.32 Å². The van der Waals surface area contributed by atoms with Gasteiger partial charge < -0.3 is 10.4 Å². The van der Waals surface area contributed by atoms with Crippen LogP contribution in [0.4, 0.5) is 10.1 Å². The van der Waals surface area contributed by atoms with Gasteiger partial charge in [0.25, 0.3) is 5.91 Å². The lowest BCUT2D eigenvalue weighted by Gasteiger charge is -2.07. The summed E-state index contributed by atoms with van der Waals surface area (Å²) in [6.45, 7) is 0. The van der Waals surface area contributed by atoms with Crippen LogP contribution in [-0.2, 0) is 0 Å². The van der Waals surface area contributed by atoms with Crippen molar-refractivity contribution in [2.24, 2.45) is 0 Å². The fourth-order valence-corrected chi connectivity index (χ4v) is 2.18. The molecule has 0 radical (unpaired) electrons. The maximum atomic E-state index is 13.5. The van der Waals surface area contributed by atoms with Crippen molar-refractivity contribution < 1.29 is 19.1 Å². The molecule has 2 aromatic rings. The van der Waals surface area contributed by atoms with E-state index in [9.17, 15) is 14.0 Å². The number of carboxylic acids is 1. The molecule has 0 spiro atoms. The van der Waals surface area contributed by atoms with Crippen molar-refractivity contribution in [3.05, 3.63) is 63.4 Å². The Hall–Kier alpha value is -2.11. The zero-order valence-electron chi connectivity index (χ0n) is 10.4. The maximum Gasteiger partial charge on any atom is 0.338 e. The van der Waals surface area contributed by atoms with E-state index in [0.29, 0.717) is 10.0 Å². The number of nitrogens with one attached hydrogen (secondary N) is 1. The second kappa shape index (κ2) is 6.11. The third-order valence-electron chi connectivity index (χ3n) is 2.58. The highest BCUT2D eigenvalue weighted by Crippen LogP contribution is 2.21. The fraction of sp³-hybridized carbons (Fsp3) is 0. The molecule has 108 valence electrons. The molecular weight excluding hydrogens is 320 g/mol. The van der Waals surface area contributed by atoms with Gasteiger partial charge in [-0.1, -0.05) is 23.2 Å². The number of hydrogen-bond donors (Lipinski definition) is 2. The number of carbonyl (C=O) groups excluding carboxylic acids is 1. The molecule has 0 aliphatic rings. The number of carbonyl (C=O) groups is 2. The van der Waals surface area contributed by atoms with Gasteiger partial charge in [0.1, 0.15) is 5.82 Å². The summed E-state index contributed by atoms with van der Waals surface area (Å²) in [4.78, 5) is 22.7. The van der Waals surface area contributed by atoms with Gasteiger partial charge in [-0.2, -0.15) is 0 Å². The first-order valence-electron chi connectivity index (χ1n) is 5.67. The largest absolute Gasteiger partial charge is 0.478 e. The van der Waals surface area contributed by atoms with E-state index in [2.05, 4.69) is 5.32 Å². The van der Waals surface area contributed by atoms with E-state index < -0.39 is 23.3 Å². The Bertz CT molecular complexity index is 714. The Labute approximate surface area is 129 Å². The van der Waals surface area contributed by atoms with E-state index in [1.54, 1.807) is 0 Å². The van der Waals surface area contributed by atoms with Crippen LogP contribution in [-0.4, -0.2) is 17.0 Å². The highest BCUT2D eigenvalue weighted by Gasteiger charge is 2.13. The molecule has 4 nitrogen and oxygen atoms in total. The van der Waals surface area contributed by atoms with Crippen LogP contribution in [0.1, 0.15) is 20.7 Å². The number of rotatable bonds is 3. The van der Waals surface area contributed by atoms with Crippen LogP contribution in [0.5, 0.6) is 0 Å². The molecular formula is C14H8Cl2FNO3. The smallest absolute Gasteiger partial charge is 0.338 e. The summed E-state index contributed by atoms with van der Waals surface area (Å²) >= 11 is 11.6. The van der Waals surface area contributed by atoms with Crippen molar-refractivity contribution in [3.63, 3.8) is 0 Å². The molecule has 0 saturated carbocycles. The molecule has 0 atom stereocenters. The van der Waals surface area contributed by atoms with E-state index in [1.807, 2.05) is 0 Å². The molecule has 0 bridgehead atoms. The summed E-state index contributed by atoms with van der Waals surface area (Å²) < 4.78 is 13.5. The van der Waals surface area contributed by atoms with Gasteiger partial charge in [-0.05, 0) is 36.4 Å². The second-order valence-corrected chi connectivity index (χ2v) is 4.98. The lowest BCUT2D eigenvalue weighted by molar-refractivity contribution is 0.0692. The van der Waals surface area contributed by atoms with Crippen LogP contribution in [0.15, 0.2) is 36.4 Å². The lowest BCUT2D eigenvalue weighted by atomic mass is 10.1. The van der Waals surface area contributed by atoms with Gasteiger partial charge in [-0.15, -0.1) is 0 Å². The molecule has 7 heteroatoms. The van der Waals surface area contributed by atoms with Crippen LogP contribution in [0.25, 0.3) is 0 Å². The molecule has 2 rings (SSSR count). The van der Waals surface area contributed by atoms with Gasteiger partial charge in [0, 0.05) is 21.3 Å². The van der Waals surface area contributed by atoms with Crippen LogP contribution in [0, 0.1) is 5.82 Å². The summed E-state index contributed by atoms with van der Waals surface area (Å²) in [5.74, 6) is -2.86. The number of anilines is 1. The third kappa shape index (κ3) is 3.71. The Kier molecular flexibility index (Phi) is 4.45. The zero-order chi connectivity index (χ0) is 15.6. The molecule has 21 heavy (non-hydrogen) atoms. The minimum atomic E-state index is -1.38. The van der Waals surface area contributed by atoms with E-state index >= 15 is 0 Å². The Morgan fingerprint density at radius 3 is 2.19 bits per heavy atom. The zero-order valence-corrected chi connectivity index (χ0v) is 11.9. The first-order chi connectivity index (χ1) is 9.86. The summed E-state index contributed by atoms with van der Waals surface area (Å²) in [7, 11) is 0. The first-order valence-corrected chi connectivity index (χ1v) is 6.42. The first kappa shape index (κ1) is 15.3. The molecule has 0 fully saturated rings. The van der Waals surface area contributed by atoms with Gasteiger partial charge in [0.2, 0.25) is 0 Å². The fourth-order valence-electron chi connectivity index (χ4n) is 1.65. The van der Waals surface area contributed by atoms with E-state index in [4.69, 9.17) is 28.3 Å². The standard InChI is InChI=1S/C14H8Cl2FNO3/c15-8-3-7(4-9(16)5-8)13(19)18-10-1-2-11(14(20)21)12(17)6-10/h1-6H,(H,18,19)(H,20,21). The number of carboxylic acid groups (broad SMARTS) is 1. The monoisotopic (exact) mass is 327 g/mol. The van der Waals surface area contributed by atoms with Crippen LogP contribution in [0.2, 0.25) is 10.0 Å². The number of benzene rings is 2. The minimum absolute atomic E-state index is 0.124. The minimum Gasteiger partial charge on any atom is -0.478 e. The van der Waals surface area contributed by atoms with Crippen molar-refractivity contribution in [1.82, 2.24) is 0 Å². The molecule has 0 heterocycles. The number of aromatic carboxylic acids is 1. The van der Waals surface area contributed by atoms with E-state index in [-0.39, 0.29) is 11.3 Å². The van der Waals surface area contributed by atoms with Crippen molar-refractivity contribution in [1.29, 1.82) is 0 Å². The Morgan fingerprint density at radius 1 is 1.05 bits per heavy atom. The Morgan fingerprint density at radius 2 is 1.67 bits per heavy atom. The molecule has 0 unspecified atom stereocenters. The quantitative estimate of drug-likeness (QED) is 0.892. The van der Waals surface area contributed by atoms with Crippen LogP contribution in [0.3, 0.4) is 0 Å².